The third-order valence-corrected chi connectivity index (χ3v) is 4.56. The zero-order valence-electron chi connectivity index (χ0n) is 15.2. The first kappa shape index (κ1) is 19.7. The minimum Gasteiger partial charge on any atom is -0.455 e. The summed E-state index contributed by atoms with van der Waals surface area (Å²) in [5.74, 6) is -2.83. The molecule has 156 valence electrons. The van der Waals surface area contributed by atoms with Crippen LogP contribution >= 0.6 is 0 Å². The molecular weight excluding hydrogens is 411 g/mol. The van der Waals surface area contributed by atoms with Gasteiger partial charge in [-0.25, -0.2) is 13.6 Å². The Morgan fingerprint density at radius 3 is 2.70 bits per heavy atom. The summed E-state index contributed by atoms with van der Waals surface area (Å²) in [6.07, 6.45) is -3.47. The average molecular weight is 424 g/mol. The maximum Gasteiger partial charge on any atom is 0.416 e. The van der Waals surface area contributed by atoms with Gasteiger partial charge in [-0.2, -0.15) is 18.3 Å². The number of urea groups is 1. The van der Waals surface area contributed by atoms with Gasteiger partial charge in [0.25, 0.3) is 0 Å². The fourth-order valence-corrected chi connectivity index (χ4v) is 3.15. The van der Waals surface area contributed by atoms with E-state index in [1.165, 1.54) is 25.3 Å². The van der Waals surface area contributed by atoms with Crippen molar-refractivity contribution in [3.05, 3.63) is 59.5 Å². The van der Waals surface area contributed by atoms with Gasteiger partial charge in [0.2, 0.25) is 0 Å². The van der Waals surface area contributed by atoms with Crippen LogP contribution in [0.2, 0.25) is 0 Å². The van der Waals surface area contributed by atoms with Crippen LogP contribution in [0.3, 0.4) is 0 Å². The summed E-state index contributed by atoms with van der Waals surface area (Å²) in [5, 5.41) is 11.1. The highest BCUT2D eigenvalue weighted by atomic mass is 19.4. The van der Waals surface area contributed by atoms with Crippen LogP contribution in [0.1, 0.15) is 17.4 Å². The van der Waals surface area contributed by atoms with Crippen LogP contribution in [0.15, 0.2) is 40.9 Å². The van der Waals surface area contributed by atoms with Crippen LogP contribution in [-0.4, -0.2) is 22.4 Å². The first-order chi connectivity index (χ1) is 14.1. The van der Waals surface area contributed by atoms with E-state index in [-0.39, 0.29) is 16.6 Å². The lowest BCUT2D eigenvalue weighted by atomic mass is 10.1. The molecule has 0 radical (unpaired) electrons. The maximum absolute atomic E-state index is 13.9. The highest BCUT2D eigenvalue weighted by Gasteiger charge is 2.45. The summed E-state index contributed by atoms with van der Waals surface area (Å²) in [7, 11) is 0. The number of amides is 2. The first-order valence-electron chi connectivity index (χ1n) is 8.59. The number of H-pyrrole nitrogens is 1. The molecule has 1 atom stereocenters. The van der Waals surface area contributed by atoms with Gasteiger partial charge >= 0.3 is 12.2 Å². The molecule has 0 saturated carbocycles. The molecule has 2 heterocycles. The van der Waals surface area contributed by atoms with Crippen molar-refractivity contribution in [2.24, 2.45) is 0 Å². The molecule has 2 amide bonds. The van der Waals surface area contributed by atoms with Gasteiger partial charge < -0.3 is 15.1 Å². The molecule has 3 N–H and O–H groups in total. The summed E-state index contributed by atoms with van der Waals surface area (Å²) in [5.41, 5.74) is 0.259. The molecule has 0 aliphatic rings. The van der Waals surface area contributed by atoms with Crippen molar-refractivity contribution in [1.82, 2.24) is 15.5 Å². The Morgan fingerprint density at radius 1 is 1.20 bits per heavy atom. The SMILES string of the molecule is Cc1c([C@@H](NC(=O)Nc2ccc3[nH]ncc3c2)C(F)(F)F)oc2c(F)cc(F)cc12. The number of rotatable bonds is 3. The smallest absolute Gasteiger partial charge is 0.416 e. The number of carbonyl (C=O) groups is 1. The maximum atomic E-state index is 13.9. The van der Waals surface area contributed by atoms with Crippen molar-refractivity contribution in [3.63, 3.8) is 0 Å². The number of halogens is 5. The molecule has 0 bridgehead atoms. The number of fused-ring (bicyclic) bond motifs is 2. The third-order valence-electron chi connectivity index (χ3n) is 4.56. The molecule has 0 aliphatic heterocycles. The number of nitrogens with one attached hydrogen (secondary N) is 3. The number of benzene rings is 2. The summed E-state index contributed by atoms with van der Waals surface area (Å²) < 4.78 is 73.5. The summed E-state index contributed by atoms with van der Waals surface area (Å²) in [6, 6.07) is 2.23. The van der Waals surface area contributed by atoms with E-state index in [1.807, 2.05) is 0 Å². The van der Waals surface area contributed by atoms with E-state index in [9.17, 15) is 26.7 Å². The second kappa shape index (κ2) is 7.01. The lowest BCUT2D eigenvalue weighted by molar-refractivity contribution is -0.158. The molecule has 2 aromatic carbocycles. The molecule has 0 fully saturated rings. The standard InChI is InChI=1S/C19H13F5N4O2/c1-8-12-5-10(20)6-13(21)16(12)30-15(8)17(19(22,23)24)27-18(29)26-11-2-3-14-9(4-11)7-25-28-14/h2-7,17H,1H3,(H,25,28)(H2,26,27,29)/t17-/m1/s1. The summed E-state index contributed by atoms with van der Waals surface area (Å²) in [4.78, 5) is 12.2. The van der Waals surface area contributed by atoms with Crippen LogP contribution in [0.5, 0.6) is 0 Å². The summed E-state index contributed by atoms with van der Waals surface area (Å²) in [6.45, 7) is 1.23. The van der Waals surface area contributed by atoms with E-state index in [1.54, 1.807) is 11.4 Å². The fraction of sp³-hybridized carbons (Fsp3) is 0.158. The van der Waals surface area contributed by atoms with Crippen LogP contribution < -0.4 is 10.6 Å². The number of hydrogen-bond donors (Lipinski definition) is 3. The predicted octanol–water partition coefficient (Wildman–Crippen LogP) is 5.32. The Labute approximate surface area is 165 Å². The lowest BCUT2D eigenvalue weighted by Crippen LogP contribution is -2.40. The van der Waals surface area contributed by atoms with Gasteiger partial charge in [-0.3, -0.25) is 5.10 Å². The van der Waals surface area contributed by atoms with E-state index in [2.05, 4.69) is 15.5 Å². The molecule has 2 aromatic heterocycles. The molecule has 11 heteroatoms. The molecule has 6 nitrogen and oxygen atoms in total. The van der Waals surface area contributed by atoms with Gasteiger partial charge in [-0.15, -0.1) is 0 Å². The molecule has 0 unspecified atom stereocenters. The highest BCUT2D eigenvalue weighted by Crippen LogP contribution is 2.39. The molecule has 0 spiro atoms. The van der Waals surface area contributed by atoms with Crippen LogP contribution in [0.4, 0.5) is 32.4 Å². The van der Waals surface area contributed by atoms with E-state index in [0.29, 0.717) is 17.0 Å². The van der Waals surface area contributed by atoms with Gasteiger partial charge in [0.05, 0.1) is 11.7 Å². The number of carbonyl (C=O) groups excluding carboxylic acids is 1. The van der Waals surface area contributed by atoms with Crippen molar-refractivity contribution in [3.8, 4) is 0 Å². The van der Waals surface area contributed by atoms with Crippen LogP contribution in [-0.2, 0) is 0 Å². The van der Waals surface area contributed by atoms with E-state index in [4.69, 9.17) is 4.42 Å². The topological polar surface area (TPSA) is 83.0 Å². The highest BCUT2D eigenvalue weighted by molar-refractivity contribution is 5.93. The predicted molar refractivity (Wildman–Crippen MR) is 97.9 cm³/mol. The number of anilines is 1. The quantitative estimate of drug-likeness (QED) is 0.389. The molecule has 4 rings (SSSR count). The monoisotopic (exact) mass is 424 g/mol. The number of alkyl halides is 3. The normalized spacial score (nSPS) is 13.0. The van der Waals surface area contributed by atoms with Crippen molar-refractivity contribution < 1.29 is 31.2 Å². The third kappa shape index (κ3) is 3.53. The molecule has 4 aromatic rings. The number of aryl methyl sites for hydroxylation is 1. The zero-order valence-corrected chi connectivity index (χ0v) is 15.2. The van der Waals surface area contributed by atoms with Crippen LogP contribution in [0, 0.1) is 18.6 Å². The second-order valence-corrected chi connectivity index (χ2v) is 6.60. The minimum atomic E-state index is -4.96. The van der Waals surface area contributed by atoms with Gasteiger partial charge in [0.1, 0.15) is 11.6 Å². The Kier molecular flexibility index (Phi) is 4.60. The van der Waals surface area contributed by atoms with E-state index < -0.39 is 41.2 Å². The molecule has 0 saturated heterocycles. The Bertz CT molecular complexity index is 1260. The van der Waals surface area contributed by atoms with Crippen molar-refractivity contribution >= 4 is 33.6 Å². The number of aromatic amines is 1. The summed E-state index contributed by atoms with van der Waals surface area (Å²) >= 11 is 0. The van der Waals surface area contributed by atoms with Crippen molar-refractivity contribution in [2.45, 2.75) is 19.1 Å². The van der Waals surface area contributed by atoms with E-state index in [0.717, 1.165) is 6.07 Å². The second-order valence-electron chi connectivity index (χ2n) is 6.60. The van der Waals surface area contributed by atoms with Gasteiger partial charge in [0.15, 0.2) is 17.4 Å². The van der Waals surface area contributed by atoms with Gasteiger partial charge in [-0.1, -0.05) is 0 Å². The van der Waals surface area contributed by atoms with Crippen molar-refractivity contribution in [1.29, 1.82) is 0 Å². The number of nitrogens with zero attached hydrogens (tertiary/aromatic N) is 1. The van der Waals surface area contributed by atoms with Gasteiger partial charge in [0, 0.05) is 28.1 Å². The Balaban J connectivity index is 1.65. The fourth-order valence-electron chi connectivity index (χ4n) is 3.15. The van der Waals surface area contributed by atoms with Gasteiger partial charge in [-0.05, 0) is 31.2 Å². The average Bonchev–Trinajstić information content (AvgIpc) is 3.24. The zero-order chi connectivity index (χ0) is 21.6. The molecular formula is C19H13F5N4O2. The Hall–Kier alpha value is -3.63. The van der Waals surface area contributed by atoms with E-state index >= 15 is 0 Å². The first-order valence-corrected chi connectivity index (χ1v) is 8.59. The largest absolute Gasteiger partial charge is 0.455 e. The molecule has 0 aliphatic carbocycles. The number of hydrogen-bond acceptors (Lipinski definition) is 3. The van der Waals surface area contributed by atoms with Crippen molar-refractivity contribution in [2.75, 3.05) is 5.32 Å². The molecule has 30 heavy (non-hydrogen) atoms. The van der Waals surface area contributed by atoms with Crippen LogP contribution in [0.25, 0.3) is 21.9 Å². The number of aromatic nitrogens is 2. The lowest BCUT2D eigenvalue weighted by Gasteiger charge is -2.20. The Morgan fingerprint density at radius 2 is 1.97 bits per heavy atom. The number of furan rings is 1. The minimum absolute atomic E-state index is 0.133.